The van der Waals surface area contributed by atoms with E-state index in [2.05, 4.69) is 10.2 Å². The van der Waals surface area contributed by atoms with Crippen LogP contribution >= 0.6 is 0 Å². The van der Waals surface area contributed by atoms with Crippen molar-refractivity contribution in [1.82, 2.24) is 10.2 Å². The molecule has 2 aliphatic heterocycles. The number of carboxylic acid groups (broad SMARTS) is 1. The lowest BCUT2D eigenvalue weighted by atomic mass is 10.1. The third-order valence-corrected chi connectivity index (χ3v) is 3.19. The van der Waals surface area contributed by atoms with E-state index in [0.717, 1.165) is 25.9 Å². The minimum atomic E-state index is -0.701. The molecule has 2 N–H and O–H groups in total. The zero-order valence-electron chi connectivity index (χ0n) is 8.61. The van der Waals surface area contributed by atoms with Crippen LogP contribution in [-0.4, -0.2) is 47.6 Å². The average Bonchev–Trinajstić information content (AvgIpc) is 2.76. The summed E-state index contributed by atoms with van der Waals surface area (Å²) in [5.74, 6) is -0.802. The van der Waals surface area contributed by atoms with Crippen LogP contribution in [0.5, 0.6) is 0 Å². The van der Waals surface area contributed by atoms with Crippen LogP contribution < -0.4 is 5.32 Å². The van der Waals surface area contributed by atoms with E-state index >= 15 is 0 Å². The van der Waals surface area contributed by atoms with Gasteiger partial charge < -0.3 is 15.3 Å². The Labute approximate surface area is 88.4 Å². The second-order valence-electron chi connectivity index (χ2n) is 4.39. The molecular weight excluding hydrogens is 196 g/mol. The molecule has 0 bridgehead atoms. The van der Waals surface area contributed by atoms with Crippen molar-refractivity contribution in [3.8, 4) is 0 Å². The fourth-order valence-electron chi connectivity index (χ4n) is 2.33. The largest absolute Gasteiger partial charge is 0.481 e. The quantitative estimate of drug-likeness (QED) is 0.672. The Balaban J connectivity index is 1.77. The Morgan fingerprint density at radius 1 is 1.53 bits per heavy atom. The smallest absolute Gasteiger partial charge is 0.307 e. The van der Waals surface area contributed by atoms with Crippen molar-refractivity contribution in [3.05, 3.63) is 0 Å². The van der Waals surface area contributed by atoms with Crippen molar-refractivity contribution >= 4 is 11.9 Å². The molecule has 15 heavy (non-hydrogen) atoms. The van der Waals surface area contributed by atoms with E-state index in [-0.39, 0.29) is 17.9 Å². The van der Waals surface area contributed by atoms with Gasteiger partial charge in [0, 0.05) is 25.6 Å². The first-order valence-electron chi connectivity index (χ1n) is 5.39. The number of carbonyl (C=O) groups is 2. The van der Waals surface area contributed by atoms with E-state index < -0.39 is 5.97 Å². The highest BCUT2D eigenvalue weighted by atomic mass is 16.4. The maximum Gasteiger partial charge on any atom is 0.307 e. The van der Waals surface area contributed by atoms with Crippen LogP contribution in [-0.2, 0) is 9.59 Å². The van der Waals surface area contributed by atoms with Gasteiger partial charge in [-0.05, 0) is 19.4 Å². The van der Waals surface area contributed by atoms with E-state index in [0.29, 0.717) is 13.0 Å². The molecule has 0 saturated carbocycles. The first-order chi connectivity index (χ1) is 7.15. The van der Waals surface area contributed by atoms with Crippen molar-refractivity contribution < 1.29 is 14.7 Å². The van der Waals surface area contributed by atoms with Gasteiger partial charge in [0.15, 0.2) is 0 Å². The summed E-state index contributed by atoms with van der Waals surface area (Å²) in [4.78, 5) is 23.9. The molecule has 0 aromatic rings. The third kappa shape index (κ3) is 2.47. The predicted molar refractivity (Wildman–Crippen MR) is 53.3 cm³/mol. The molecule has 2 heterocycles. The van der Waals surface area contributed by atoms with Gasteiger partial charge in [-0.25, -0.2) is 0 Å². The standard InChI is InChI=1S/C10H16N2O3/c13-9-2-1-8(11-9)6-12-4-3-7(5-12)10(14)15/h7-8H,1-6H2,(H,11,13)(H,14,15). The number of amides is 1. The topological polar surface area (TPSA) is 69.6 Å². The predicted octanol–water partition coefficient (Wildman–Crippen LogP) is -0.328. The van der Waals surface area contributed by atoms with Crippen LogP contribution in [0.25, 0.3) is 0 Å². The zero-order valence-corrected chi connectivity index (χ0v) is 8.61. The molecule has 2 saturated heterocycles. The molecule has 2 fully saturated rings. The Bertz CT molecular complexity index is 280. The molecule has 2 unspecified atom stereocenters. The van der Waals surface area contributed by atoms with E-state index in [1.807, 2.05) is 0 Å². The molecule has 2 rings (SSSR count). The first-order valence-corrected chi connectivity index (χ1v) is 5.39. The van der Waals surface area contributed by atoms with Gasteiger partial charge in [-0.1, -0.05) is 0 Å². The summed E-state index contributed by atoms with van der Waals surface area (Å²) in [6.07, 6.45) is 2.23. The molecule has 2 aliphatic rings. The van der Waals surface area contributed by atoms with Crippen LogP contribution in [0.2, 0.25) is 0 Å². The summed E-state index contributed by atoms with van der Waals surface area (Å²) in [5.41, 5.74) is 0. The molecule has 2 atom stereocenters. The van der Waals surface area contributed by atoms with Gasteiger partial charge in [-0.15, -0.1) is 0 Å². The molecule has 0 radical (unpaired) electrons. The van der Waals surface area contributed by atoms with Crippen molar-refractivity contribution in [2.45, 2.75) is 25.3 Å². The summed E-state index contributed by atoms with van der Waals surface area (Å²) in [5, 5.41) is 11.7. The molecule has 1 amide bonds. The Morgan fingerprint density at radius 2 is 2.33 bits per heavy atom. The molecule has 5 nitrogen and oxygen atoms in total. The number of carboxylic acids is 1. The average molecular weight is 212 g/mol. The maximum atomic E-state index is 11.0. The summed E-state index contributed by atoms with van der Waals surface area (Å²) in [6, 6.07) is 0.227. The number of hydrogen-bond donors (Lipinski definition) is 2. The Morgan fingerprint density at radius 3 is 2.87 bits per heavy atom. The van der Waals surface area contributed by atoms with Crippen LogP contribution in [0.15, 0.2) is 0 Å². The number of nitrogens with zero attached hydrogens (tertiary/aromatic N) is 1. The molecule has 84 valence electrons. The number of hydrogen-bond acceptors (Lipinski definition) is 3. The summed E-state index contributed by atoms with van der Waals surface area (Å²) < 4.78 is 0. The van der Waals surface area contributed by atoms with Crippen molar-refractivity contribution in [3.63, 3.8) is 0 Å². The Kier molecular flexibility index (Phi) is 2.90. The van der Waals surface area contributed by atoms with Gasteiger partial charge in [0.1, 0.15) is 0 Å². The van der Waals surface area contributed by atoms with Gasteiger partial charge >= 0.3 is 5.97 Å². The van der Waals surface area contributed by atoms with E-state index in [9.17, 15) is 9.59 Å². The molecule has 0 spiro atoms. The van der Waals surface area contributed by atoms with E-state index in [4.69, 9.17) is 5.11 Å². The number of carbonyl (C=O) groups excluding carboxylic acids is 1. The normalized spacial score (nSPS) is 31.9. The maximum absolute atomic E-state index is 11.0. The lowest BCUT2D eigenvalue weighted by molar-refractivity contribution is -0.141. The third-order valence-electron chi connectivity index (χ3n) is 3.19. The van der Waals surface area contributed by atoms with Crippen molar-refractivity contribution in [1.29, 1.82) is 0 Å². The van der Waals surface area contributed by atoms with Crippen LogP contribution in [0.1, 0.15) is 19.3 Å². The zero-order chi connectivity index (χ0) is 10.8. The van der Waals surface area contributed by atoms with Crippen LogP contribution in [0.4, 0.5) is 0 Å². The number of aliphatic carboxylic acids is 1. The molecule has 5 heteroatoms. The van der Waals surface area contributed by atoms with Crippen LogP contribution in [0, 0.1) is 5.92 Å². The molecular formula is C10H16N2O3. The Hall–Kier alpha value is -1.10. The monoisotopic (exact) mass is 212 g/mol. The first kappa shape index (κ1) is 10.4. The highest BCUT2D eigenvalue weighted by molar-refractivity contribution is 5.78. The fourth-order valence-corrected chi connectivity index (χ4v) is 2.33. The minimum absolute atomic E-state index is 0.119. The number of likely N-dealkylation sites (tertiary alicyclic amines) is 1. The lowest BCUT2D eigenvalue weighted by Crippen LogP contribution is -2.38. The number of rotatable bonds is 3. The minimum Gasteiger partial charge on any atom is -0.481 e. The summed E-state index contributed by atoms with van der Waals surface area (Å²) in [6.45, 7) is 2.26. The van der Waals surface area contributed by atoms with Gasteiger partial charge in [0.25, 0.3) is 0 Å². The second-order valence-corrected chi connectivity index (χ2v) is 4.39. The molecule has 0 aromatic carbocycles. The second kappa shape index (κ2) is 4.18. The van der Waals surface area contributed by atoms with E-state index in [1.165, 1.54) is 0 Å². The van der Waals surface area contributed by atoms with E-state index in [1.54, 1.807) is 0 Å². The summed E-state index contributed by atoms with van der Waals surface area (Å²) in [7, 11) is 0. The highest BCUT2D eigenvalue weighted by Gasteiger charge is 2.30. The van der Waals surface area contributed by atoms with Gasteiger partial charge in [-0.2, -0.15) is 0 Å². The number of nitrogens with one attached hydrogen (secondary N) is 1. The highest BCUT2D eigenvalue weighted by Crippen LogP contribution is 2.18. The van der Waals surface area contributed by atoms with Gasteiger partial charge in [0.05, 0.1) is 5.92 Å². The van der Waals surface area contributed by atoms with Crippen molar-refractivity contribution in [2.75, 3.05) is 19.6 Å². The lowest BCUT2D eigenvalue weighted by Gasteiger charge is -2.19. The van der Waals surface area contributed by atoms with Crippen LogP contribution in [0.3, 0.4) is 0 Å². The SMILES string of the molecule is O=C1CCC(CN2CCC(C(=O)O)C2)N1. The summed E-state index contributed by atoms with van der Waals surface area (Å²) >= 11 is 0. The fraction of sp³-hybridized carbons (Fsp3) is 0.800. The van der Waals surface area contributed by atoms with Gasteiger partial charge in [-0.3, -0.25) is 9.59 Å². The molecule has 0 aliphatic carbocycles. The molecule has 0 aromatic heterocycles. The van der Waals surface area contributed by atoms with Gasteiger partial charge in [0.2, 0.25) is 5.91 Å². The van der Waals surface area contributed by atoms with Crippen molar-refractivity contribution in [2.24, 2.45) is 5.92 Å².